The number of hydrogen-bond donors (Lipinski definition) is 1. The number of anilines is 1. The topological polar surface area (TPSA) is 116 Å². The van der Waals surface area contributed by atoms with E-state index in [4.69, 9.17) is 9.62 Å². The molecular formula is C32H31N6O3P. The van der Waals surface area contributed by atoms with Crippen LogP contribution >= 0.6 is 7.41 Å². The molecule has 0 amide bonds. The van der Waals surface area contributed by atoms with E-state index in [2.05, 4.69) is 57.0 Å². The molecule has 0 saturated heterocycles. The Morgan fingerprint density at radius 1 is 0.857 bits per heavy atom. The van der Waals surface area contributed by atoms with Gasteiger partial charge in [-0.1, -0.05) is 80.6 Å². The first-order chi connectivity index (χ1) is 20.5. The SMILES string of the molecule is CC(C)COC(=O)CN=C([O-])n1c(N/N=N/[P+](c2ccccc2)(c2ccccc2)c2ccccc2)nc2ccccc21. The quantitative estimate of drug-likeness (QED) is 0.0655. The summed E-state index contributed by atoms with van der Waals surface area (Å²) in [5, 5.41) is 20.8. The van der Waals surface area contributed by atoms with E-state index < -0.39 is 25.9 Å². The number of aromatic nitrogens is 2. The molecule has 10 heteroatoms. The Bertz CT molecular complexity index is 1590. The van der Waals surface area contributed by atoms with Gasteiger partial charge in [0.1, 0.15) is 22.5 Å². The van der Waals surface area contributed by atoms with E-state index in [1.54, 1.807) is 18.2 Å². The maximum absolute atomic E-state index is 13.3. The maximum Gasteiger partial charge on any atom is 0.327 e. The number of para-hydroxylation sites is 2. The van der Waals surface area contributed by atoms with E-state index in [-0.39, 0.29) is 18.5 Å². The van der Waals surface area contributed by atoms with Crippen LogP contribution in [0.2, 0.25) is 0 Å². The normalized spacial score (nSPS) is 12.2. The zero-order valence-electron chi connectivity index (χ0n) is 23.4. The van der Waals surface area contributed by atoms with Crippen LogP contribution in [0.3, 0.4) is 0 Å². The molecule has 5 rings (SSSR count). The number of esters is 1. The van der Waals surface area contributed by atoms with Crippen molar-refractivity contribution in [3.63, 3.8) is 0 Å². The number of hydrogen-bond acceptors (Lipinski definition) is 7. The van der Waals surface area contributed by atoms with Gasteiger partial charge in [0.2, 0.25) is 5.95 Å². The number of nitrogens with one attached hydrogen (secondary N) is 1. The smallest absolute Gasteiger partial charge is 0.327 e. The largest absolute Gasteiger partial charge is 0.846 e. The van der Waals surface area contributed by atoms with Gasteiger partial charge in [-0.3, -0.25) is 14.4 Å². The molecule has 0 aliphatic heterocycles. The number of carbonyl (C=O) groups excluding carboxylic acids is 1. The summed E-state index contributed by atoms with van der Waals surface area (Å²) in [6.45, 7) is 3.73. The van der Waals surface area contributed by atoms with Crippen LogP contribution in [0.4, 0.5) is 5.95 Å². The number of ether oxygens (including phenoxy) is 1. The predicted molar refractivity (Wildman–Crippen MR) is 167 cm³/mol. The van der Waals surface area contributed by atoms with E-state index in [1.807, 2.05) is 74.5 Å². The van der Waals surface area contributed by atoms with Crippen molar-refractivity contribution in [2.24, 2.45) is 21.0 Å². The molecule has 0 fully saturated rings. The highest BCUT2D eigenvalue weighted by Gasteiger charge is 2.47. The van der Waals surface area contributed by atoms with Gasteiger partial charge in [-0.25, -0.2) is 10.4 Å². The molecule has 0 unspecified atom stereocenters. The summed E-state index contributed by atoms with van der Waals surface area (Å²) in [5.74, 6) is -0.253. The Morgan fingerprint density at radius 2 is 1.38 bits per heavy atom. The molecular weight excluding hydrogens is 547 g/mol. The van der Waals surface area contributed by atoms with Gasteiger partial charge in [0.25, 0.3) is 7.41 Å². The molecule has 1 heterocycles. The molecule has 42 heavy (non-hydrogen) atoms. The van der Waals surface area contributed by atoms with Gasteiger partial charge in [-0.15, -0.1) is 0 Å². The summed E-state index contributed by atoms with van der Waals surface area (Å²) in [7, 11) is -2.62. The van der Waals surface area contributed by atoms with Crippen molar-refractivity contribution in [1.82, 2.24) is 9.55 Å². The lowest BCUT2D eigenvalue weighted by atomic mass is 10.2. The second-order valence-corrected chi connectivity index (χ2v) is 12.9. The lowest BCUT2D eigenvalue weighted by Crippen LogP contribution is -2.30. The van der Waals surface area contributed by atoms with Crippen LogP contribution in [0.25, 0.3) is 11.0 Å². The fourth-order valence-electron chi connectivity index (χ4n) is 4.47. The molecule has 1 N–H and O–H groups in total. The van der Waals surface area contributed by atoms with Crippen molar-refractivity contribution in [2.45, 2.75) is 13.8 Å². The summed E-state index contributed by atoms with van der Waals surface area (Å²) < 4.78 is 6.45. The van der Waals surface area contributed by atoms with Crippen LogP contribution in [0.15, 0.2) is 130 Å². The van der Waals surface area contributed by atoms with Gasteiger partial charge >= 0.3 is 5.97 Å². The number of benzene rings is 4. The average Bonchev–Trinajstić information content (AvgIpc) is 3.40. The minimum absolute atomic E-state index is 0.136. The highest BCUT2D eigenvalue weighted by atomic mass is 31.2. The molecule has 0 aliphatic carbocycles. The standard InChI is InChI=1S/C32H31N6O3P/c1-24(2)23-41-30(39)22-33-32(40)38-29-21-13-12-20-28(29)34-31(38)35-36-37-42(25-14-6-3-7-15-25,26-16-8-4-9-17-26)27-18-10-5-11-19-27/h3-21,24H,22-23H2,1-2H3,(H-,33,34,35,37,40). The third-order valence-corrected chi connectivity index (χ3v) is 9.89. The molecule has 5 aromatic rings. The third-order valence-electron chi connectivity index (χ3n) is 6.39. The number of rotatable bonds is 10. The number of fused-ring (bicyclic) bond motifs is 1. The first kappa shape index (κ1) is 28.6. The van der Waals surface area contributed by atoms with Crippen LogP contribution in [-0.4, -0.2) is 34.7 Å². The first-order valence-corrected chi connectivity index (χ1v) is 15.3. The van der Waals surface area contributed by atoms with Crippen molar-refractivity contribution < 1.29 is 14.6 Å². The monoisotopic (exact) mass is 578 g/mol. The number of nitrogens with zero attached hydrogens (tertiary/aromatic N) is 5. The van der Waals surface area contributed by atoms with Crippen LogP contribution in [0.1, 0.15) is 13.8 Å². The minimum Gasteiger partial charge on any atom is -0.846 e. The molecule has 4 aromatic carbocycles. The zero-order valence-corrected chi connectivity index (χ0v) is 24.3. The van der Waals surface area contributed by atoms with Crippen molar-refractivity contribution in [2.75, 3.05) is 18.6 Å². The Labute approximate surface area is 245 Å². The van der Waals surface area contributed by atoms with E-state index in [9.17, 15) is 9.90 Å². The Balaban J connectivity index is 1.55. The zero-order chi connectivity index (χ0) is 29.4. The van der Waals surface area contributed by atoms with Crippen molar-refractivity contribution in [3.05, 3.63) is 115 Å². The second-order valence-electron chi connectivity index (χ2n) is 9.88. The maximum atomic E-state index is 13.3. The Kier molecular flexibility index (Phi) is 8.99. The number of imidazole rings is 1. The second kappa shape index (κ2) is 13.2. The van der Waals surface area contributed by atoms with Gasteiger partial charge in [0.05, 0.1) is 23.7 Å². The molecule has 0 spiro atoms. The molecule has 1 aromatic heterocycles. The fraction of sp³-hybridized carbons (Fsp3) is 0.156. The molecule has 0 atom stereocenters. The van der Waals surface area contributed by atoms with E-state index in [0.717, 1.165) is 15.9 Å². The minimum atomic E-state index is -2.62. The Morgan fingerprint density at radius 3 is 1.93 bits per heavy atom. The first-order valence-electron chi connectivity index (χ1n) is 13.6. The van der Waals surface area contributed by atoms with Crippen molar-refractivity contribution in [1.29, 1.82) is 0 Å². The van der Waals surface area contributed by atoms with E-state index >= 15 is 0 Å². The number of aliphatic imine (C=N–C) groups is 1. The summed E-state index contributed by atoms with van der Waals surface area (Å²) in [5.41, 5.74) is 4.01. The van der Waals surface area contributed by atoms with Gasteiger partial charge in [-0.2, -0.15) is 0 Å². The predicted octanol–water partition coefficient (Wildman–Crippen LogP) is 4.49. The van der Waals surface area contributed by atoms with E-state index in [1.165, 1.54) is 4.57 Å². The van der Waals surface area contributed by atoms with Gasteiger partial charge in [0.15, 0.2) is 0 Å². The van der Waals surface area contributed by atoms with Crippen LogP contribution in [-0.2, 0) is 9.53 Å². The summed E-state index contributed by atoms with van der Waals surface area (Å²) in [6.07, 6.45) is 0. The average molecular weight is 579 g/mol. The Hall–Kier alpha value is -4.88. The van der Waals surface area contributed by atoms with Crippen molar-refractivity contribution in [3.8, 4) is 0 Å². The molecule has 0 saturated carbocycles. The molecule has 212 valence electrons. The van der Waals surface area contributed by atoms with Gasteiger partial charge in [0, 0.05) is 4.88 Å². The molecule has 9 nitrogen and oxygen atoms in total. The molecule has 0 radical (unpaired) electrons. The van der Waals surface area contributed by atoms with Gasteiger partial charge in [-0.05, 0) is 59.7 Å². The van der Waals surface area contributed by atoms with Crippen molar-refractivity contribution >= 4 is 52.3 Å². The van der Waals surface area contributed by atoms with Crippen LogP contribution < -0.4 is 26.4 Å². The number of carbonyl (C=O) groups is 1. The molecule has 0 bridgehead atoms. The third kappa shape index (κ3) is 6.21. The summed E-state index contributed by atoms with van der Waals surface area (Å²) in [4.78, 5) is 25.7. The molecule has 0 aliphatic rings. The van der Waals surface area contributed by atoms with Crippen LogP contribution in [0.5, 0.6) is 0 Å². The lowest BCUT2D eigenvalue weighted by molar-refractivity contribution is -0.221. The fourth-order valence-corrected chi connectivity index (χ4v) is 7.66. The highest BCUT2D eigenvalue weighted by molar-refractivity contribution is 7.94. The van der Waals surface area contributed by atoms with Gasteiger partial charge < -0.3 is 9.84 Å². The highest BCUT2D eigenvalue weighted by Crippen LogP contribution is 2.57. The lowest BCUT2D eigenvalue weighted by Gasteiger charge is -2.20. The summed E-state index contributed by atoms with van der Waals surface area (Å²) in [6, 6.07) is 36.7. The van der Waals surface area contributed by atoms with Crippen LogP contribution in [0, 0.1) is 5.92 Å². The summed E-state index contributed by atoms with van der Waals surface area (Å²) >= 11 is 0. The van der Waals surface area contributed by atoms with E-state index in [0.29, 0.717) is 11.0 Å².